The third-order valence-corrected chi connectivity index (χ3v) is 7.36. The van der Waals surface area contributed by atoms with E-state index in [9.17, 15) is 8.42 Å². The molecule has 116 valence electrons. The molecule has 8 heteroatoms. The fraction of sp³-hybridized carbons (Fsp3) is 0.923. The van der Waals surface area contributed by atoms with Crippen LogP contribution in [0.1, 0.15) is 44.3 Å². The standard InChI is InChI=1S/C13H21N5O2S/c19-21(20,13-10-3-1-2-4-11(10)13)15-9-5-6-12-14-16-17-18(12)8-7-9/h9-11,13,15H,1-8H2. The third kappa shape index (κ3) is 2.48. The summed E-state index contributed by atoms with van der Waals surface area (Å²) >= 11 is 0. The van der Waals surface area contributed by atoms with Gasteiger partial charge in [0.05, 0.1) is 5.25 Å². The second kappa shape index (κ2) is 5.01. The first kappa shape index (κ1) is 13.6. The molecule has 4 rings (SSSR count). The summed E-state index contributed by atoms with van der Waals surface area (Å²) in [5.41, 5.74) is 0. The van der Waals surface area contributed by atoms with Crippen LogP contribution in [-0.2, 0) is 23.0 Å². The van der Waals surface area contributed by atoms with Gasteiger partial charge in [0.25, 0.3) is 0 Å². The summed E-state index contributed by atoms with van der Waals surface area (Å²) < 4.78 is 29.9. The van der Waals surface area contributed by atoms with Gasteiger partial charge in [0.15, 0.2) is 5.82 Å². The van der Waals surface area contributed by atoms with Crippen LogP contribution in [0.2, 0.25) is 0 Å². The fourth-order valence-electron chi connectivity index (χ4n) is 4.12. The molecular formula is C13H21N5O2S. The highest BCUT2D eigenvalue weighted by atomic mass is 32.2. The Morgan fingerprint density at radius 2 is 1.86 bits per heavy atom. The number of nitrogens with zero attached hydrogens (tertiary/aromatic N) is 4. The summed E-state index contributed by atoms with van der Waals surface area (Å²) in [7, 11) is -3.17. The van der Waals surface area contributed by atoms with E-state index in [0.717, 1.165) is 37.9 Å². The van der Waals surface area contributed by atoms with Gasteiger partial charge in [-0.05, 0) is 47.9 Å². The number of rotatable bonds is 3. The maximum absolute atomic E-state index is 12.6. The van der Waals surface area contributed by atoms with Crippen molar-refractivity contribution in [1.82, 2.24) is 24.9 Å². The van der Waals surface area contributed by atoms with Crippen molar-refractivity contribution in [3.8, 4) is 0 Å². The molecule has 21 heavy (non-hydrogen) atoms. The highest BCUT2D eigenvalue weighted by Gasteiger charge is 2.58. The molecule has 2 heterocycles. The Labute approximate surface area is 124 Å². The molecule has 0 aromatic carbocycles. The summed E-state index contributed by atoms with van der Waals surface area (Å²) in [5.74, 6) is 1.70. The number of aryl methyl sites for hydroxylation is 2. The van der Waals surface area contributed by atoms with Crippen molar-refractivity contribution in [2.75, 3.05) is 0 Å². The van der Waals surface area contributed by atoms with Gasteiger partial charge >= 0.3 is 0 Å². The molecule has 0 amide bonds. The number of aromatic nitrogens is 4. The number of fused-ring (bicyclic) bond motifs is 2. The SMILES string of the molecule is O=S(=O)(NC1CCc2nnnn2CC1)C1C2CCCCC21. The molecule has 0 bridgehead atoms. The van der Waals surface area contributed by atoms with Crippen LogP contribution < -0.4 is 4.72 Å². The van der Waals surface area contributed by atoms with Crippen molar-refractivity contribution in [2.45, 2.75) is 62.8 Å². The quantitative estimate of drug-likeness (QED) is 0.877. The molecular weight excluding hydrogens is 290 g/mol. The van der Waals surface area contributed by atoms with E-state index in [1.807, 2.05) is 0 Å². The summed E-state index contributed by atoms with van der Waals surface area (Å²) in [6.45, 7) is 0.688. The molecule has 1 aromatic heterocycles. The summed E-state index contributed by atoms with van der Waals surface area (Å²) in [5, 5.41) is 11.4. The fourth-order valence-corrected chi connectivity index (χ4v) is 6.48. The topological polar surface area (TPSA) is 89.8 Å². The molecule has 2 aliphatic carbocycles. The number of hydrogen-bond acceptors (Lipinski definition) is 5. The lowest BCUT2D eigenvalue weighted by atomic mass is 10.0. The average molecular weight is 311 g/mol. The van der Waals surface area contributed by atoms with Crippen molar-refractivity contribution in [3.05, 3.63) is 5.82 Å². The van der Waals surface area contributed by atoms with E-state index >= 15 is 0 Å². The van der Waals surface area contributed by atoms with E-state index in [4.69, 9.17) is 0 Å². The van der Waals surface area contributed by atoms with E-state index in [0.29, 0.717) is 18.4 Å². The van der Waals surface area contributed by atoms with Crippen LogP contribution in [0, 0.1) is 11.8 Å². The van der Waals surface area contributed by atoms with Crippen LogP contribution in [0.3, 0.4) is 0 Å². The minimum atomic E-state index is -3.17. The Balaban J connectivity index is 1.41. The number of nitrogens with one attached hydrogen (secondary N) is 1. The van der Waals surface area contributed by atoms with E-state index < -0.39 is 10.0 Å². The molecule has 0 saturated heterocycles. The van der Waals surface area contributed by atoms with Crippen LogP contribution in [0.5, 0.6) is 0 Å². The Morgan fingerprint density at radius 1 is 1.10 bits per heavy atom. The number of hydrogen-bond donors (Lipinski definition) is 1. The minimum Gasteiger partial charge on any atom is -0.230 e. The lowest BCUT2D eigenvalue weighted by Crippen LogP contribution is -2.38. The average Bonchev–Trinajstić information content (AvgIpc) is 3.10. The van der Waals surface area contributed by atoms with Crippen molar-refractivity contribution < 1.29 is 8.42 Å². The number of sulfonamides is 1. The molecule has 1 N–H and O–H groups in total. The van der Waals surface area contributed by atoms with Crippen molar-refractivity contribution in [2.24, 2.45) is 11.8 Å². The zero-order valence-corrected chi connectivity index (χ0v) is 12.8. The predicted molar refractivity (Wildman–Crippen MR) is 75.8 cm³/mol. The Bertz CT molecular complexity index is 594. The van der Waals surface area contributed by atoms with E-state index in [2.05, 4.69) is 20.2 Å². The van der Waals surface area contributed by atoms with Crippen LogP contribution >= 0.6 is 0 Å². The van der Waals surface area contributed by atoms with Gasteiger partial charge in [0, 0.05) is 19.0 Å². The molecule has 0 spiro atoms. The van der Waals surface area contributed by atoms with Gasteiger partial charge in [-0.1, -0.05) is 12.8 Å². The van der Waals surface area contributed by atoms with E-state index in [-0.39, 0.29) is 11.3 Å². The van der Waals surface area contributed by atoms with E-state index in [1.54, 1.807) is 4.68 Å². The predicted octanol–water partition coefficient (Wildman–Crippen LogP) is 0.486. The molecule has 7 nitrogen and oxygen atoms in total. The minimum absolute atomic E-state index is 0.00107. The van der Waals surface area contributed by atoms with Crippen molar-refractivity contribution >= 4 is 10.0 Å². The smallest absolute Gasteiger partial charge is 0.215 e. The normalized spacial score (nSPS) is 35.6. The molecule has 3 aliphatic rings. The lowest BCUT2D eigenvalue weighted by molar-refractivity contribution is 0.477. The van der Waals surface area contributed by atoms with Crippen LogP contribution in [0.15, 0.2) is 0 Å². The molecule has 2 saturated carbocycles. The van der Waals surface area contributed by atoms with Crippen LogP contribution in [0.25, 0.3) is 0 Å². The summed E-state index contributed by atoms with van der Waals surface area (Å²) in [6.07, 6.45) is 6.84. The Morgan fingerprint density at radius 3 is 2.62 bits per heavy atom. The van der Waals surface area contributed by atoms with Gasteiger partial charge in [0.2, 0.25) is 10.0 Å². The second-order valence-corrected chi connectivity index (χ2v) is 8.45. The zero-order chi connectivity index (χ0) is 14.4. The zero-order valence-electron chi connectivity index (χ0n) is 12.0. The first-order chi connectivity index (χ1) is 10.1. The molecule has 2 fully saturated rings. The van der Waals surface area contributed by atoms with Gasteiger partial charge in [-0.2, -0.15) is 0 Å². The molecule has 0 radical (unpaired) electrons. The largest absolute Gasteiger partial charge is 0.230 e. The molecule has 3 atom stereocenters. The first-order valence-corrected chi connectivity index (χ1v) is 9.46. The molecule has 1 aromatic rings. The van der Waals surface area contributed by atoms with Gasteiger partial charge < -0.3 is 0 Å². The third-order valence-electron chi connectivity index (χ3n) is 5.28. The first-order valence-electron chi connectivity index (χ1n) is 7.91. The highest BCUT2D eigenvalue weighted by Crippen LogP contribution is 2.53. The second-order valence-electron chi connectivity index (χ2n) is 6.58. The summed E-state index contributed by atoms with van der Waals surface area (Å²) in [6, 6.07) is 0.00107. The maximum Gasteiger partial charge on any atom is 0.215 e. The number of tetrazole rings is 1. The maximum atomic E-state index is 12.6. The Hall–Kier alpha value is -1.02. The summed E-state index contributed by atoms with van der Waals surface area (Å²) in [4.78, 5) is 0. The molecule has 1 aliphatic heterocycles. The highest BCUT2D eigenvalue weighted by molar-refractivity contribution is 7.90. The lowest BCUT2D eigenvalue weighted by Gasteiger charge is -2.16. The van der Waals surface area contributed by atoms with Gasteiger partial charge in [0.1, 0.15) is 0 Å². The monoisotopic (exact) mass is 311 g/mol. The van der Waals surface area contributed by atoms with Gasteiger partial charge in [-0.25, -0.2) is 17.8 Å². The van der Waals surface area contributed by atoms with Crippen molar-refractivity contribution in [3.63, 3.8) is 0 Å². The van der Waals surface area contributed by atoms with E-state index in [1.165, 1.54) is 12.8 Å². The Kier molecular flexibility index (Phi) is 3.25. The van der Waals surface area contributed by atoms with Crippen LogP contribution in [0.4, 0.5) is 0 Å². The van der Waals surface area contributed by atoms with Crippen LogP contribution in [-0.4, -0.2) is 39.9 Å². The van der Waals surface area contributed by atoms with Gasteiger partial charge in [-0.3, -0.25) is 0 Å². The molecule has 3 unspecified atom stereocenters. The van der Waals surface area contributed by atoms with Gasteiger partial charge in [-0.15, -0.1) is 5.10 Å². The van der Waals surface area contributed by atoms with Crippen molar-refractivity contribution in [1.29, 1.82) is 0 Å².